The summed E-state index contributed by atoms with van der Waals surface area (Å²) in [6.45, 7) is -0.151. The summed E-state index contributed by atoms with van der Waals surface area (Å²) in [5.41, 5.74) is -1.55. The topological polar surface area (TPSA) is 98.0 Å². The molecule has 0 amide bonds. The van der Waals surface area contributed by atoms with E-state index < -0.39 is 34.4 Å². The van der Waals surface area contributed by atoms with Crippen molar-refractivity contribution in [2.24, 2.45) is 7.05 Å². The van der Waals surface area contributed by atoms with E-state index in [2.05, 4.69) is 5.32 Å². The second-order valence-corrected chi connectivity index (χ2v) is 9.18. The average Bonchev–Trinajstić information content (AvgIpc) is 3.22. The molecule has 0 saturated carbocycles. The Morgan fingerprint density at radius 2 is 1.79 bits per heavy atom. The summed E-state index contributed by atoms with van der Waals surface area (Å²) in [6.07, 6.45) is -5.86. The fraction of sp³-hybridized carbons (Fsp3) is 0.333. The quantitative estimate of drug-likeness (QED) is 0.376. The molecule has 38 heavy (non-hydrogen) atoms. The first-order valence-corrected chi connectivity index (χ1v) is 12.1. The van der Waals surface area contributed by atoms with Crippen LogP contribution in [0, 0.1) is 0 Å². The largest absolute Gasteiger partial charge is 0.452 e. The minimum Gasteiger partial charge on any atom is -0.452 e. The molecule has 2 aromatic carbocycles. The van der Waals surface area contributed by atoms with Crippen molar-refractivity contribution < 1.29 is 27.8 Å². The third kappa shape index (κ3) is 5.78. The molecule has 0 radical (unpaired) electrons. The summed E-state index contributed by atoms with van der Waals surface area (Å²) in [6, 6.07) is 9.88. The minimum atomic E-state index is -4.71. The summed E-state index contributed by atoms with van der Waals surface area (Å²) in [7, 11) is 1.45. The first kappa shape index (κ1) is 27.8. The Morgan fingerprint density at radius 1 is 1.08 bits per heavy atom. The minimum absolute atomic E-state index is 0.00400. The molecule has 1 atom stereocenters. The Labute approximate surface area is 224 Å². The van der Waals surface area contributed by atoms with E-state index in [0.717, 1.165) is 22.3 Å². The smallest absolute Gasteiger partial charge is 0.417 e. The number of fused-ring (bicyclic) bond motifs is 1. The molecule has 1 aromatic heterocycles. The van der Waals surface area contributed by atoms with Crippen molar-refractivity contribution in [1.29, 1.82) is 0 Å². The number of aromatic nitrogens is 2. The normalized spacial score (nSPS) is 14.9. The first-order chi connectivity index (χ1) is 18.0. The van der Waals surface area contributed by atoms with E-state index in [1.807, 2.05) is 0 Å². The molecular formula is C24H23Cl2F3N4O5. The molecule has 1 unspecified atom stereocenters. The van der Waals surface area contributed by atoms with E-state index in [1.54, 1.807) is 24.3 Å². The zero-order valence-corrected chi connectivity index (χ0v) is 21.5. The van der Waals surface area contributed by atoms with Gasteiger partial charge in [-0.05, 0) is 35.9 Å². The van der Waals surface area contributed by atoms with E-state index in [-0.39, 0.29) is 50.2 Å². The van der Waals surface area contributed by atoms with Crippen molar-refractivity contribution in [2.75, 3.05) is 30.0 Å². The molecule has 204 valence electrons. The second kappa shape index (κ2) is 11.3. The van der Waals surface area contributed by atoms with Crippen LogP contribution < -0.4 is 26.2 Å². The maximum absolute atomic E-state index is 13.5. The van der Waals surface area contributed by atoms with Gasteiger partial charge >= 0.3 is 11.9 Å². The number of aliphatic hydroxyl groups excluding tert-OH is 1. The Balaban J connectivity index is 1.75. The van der Waals surface area contributed by atoms with E-state index in [0.29, 0.717) is 5.02 Å². The van der Waals surface area contributed by atoms with E-state index >= 15 is 0 Å². The maximum Gasteiger partial charge on any atom is 0.417 e. The van der Waals surface area contributed by atoms with Crippen LogP contribution >= 0.6 is 23.2 Å². The number of hydrogen-bond donors (Lipinski definition) is 2. The average molecular weight is 575 g/mol. The number of alkyl halides is 3. The van der Waals surface area contributed by atoms with Crippen LogP contribution in [0.5, 0.6) is 5.75 Å². The van der Waals surface area contributed by atoms with Crippen molar-refractivity contribution in [3.63, 3.8) is 0 Å². The molecule has 0 saturated heterocycles. The van der Waals surface area contributed by atoms with Gasteiger partial charge in [0.05, 0.1) is 37.0 Å². The third-order valence-electron chi connectivity index (χ3n) is 5.81. The number of hydrogen-bond acceptors (Lipinski definition) is 7. The highest BCUT2D eigenvalue weighted by Crippen LogP contribution is 2.38. The predicted octanol–water partition coefficient (Wildman–Crippen LogP) is 3.68. The molecule has 9 nitrogen and oxygen atoms in total. The summed E-state index contributed by atoms with van der Waals surface area (Å²) < 4.78 is 53.5. The van der Waals surface area contributed by atoms with Crippen LogP contribution in [0.2, 0.25) is 10.0 Å². The van der Waals surface area contributed by atoms with Gasteiger partial charge in [0.25, 0.3) is 11.9 Å². The zero-order valence-electron chi connectivity index (χ0n) is 20.0. The van der Waals surface area contributed by atoms with Crippen molar-refractivity contribution >= 4 is 34.7 Å². The molecule has 2 heterocycles. The van der Waals surface area contributed by atoms with Gasteiger partial charge in [-0.1, -0.05) is 35.3 Å². The van der Waals surface area contributed by atoms with Gasteiger partial charge in [0.15, 0.2) is 0 Å². The van der Waals surface area contributed by atoms with Gasteiger partial charge < -0.3 is 24.8 Å². The molecule has 0 fully saturated rings. The summed E-state index contributed by atoms with van der Waals surface area (Å²) in [4.78, 5) is 27.9. The molecular weight excluding hydrogens is 552 g/mol. The molecule has 2 N–H and O–H groups in total. The highest BCUT2D eigenvalue weighted by molar-refractivity contribution is 6.31. The van der Waals surface area contributed by atoms with E-state index in [4.69, 9.17) is 37.8 Å². The molecule has 1 aliphatic rings. The van der Waals surface area contributed by atoms with E-state index in [1.165, 1.54) is 22.6 Å². The Bertz CT molecular complexity index is 1430. The van der Waals surface area contributed by atoms with Crippen LogP contribution in [0.25, 0.3) is 0 Å². The van der Waals surface area contributed by atoms with Gasteiger partial charge in [-0.2, -0.15) is 13.2 Å². The number of halogens is 5. The van der Waals surface area contributed by atoms with Gasteiger partial charge in [-0.15, -0.1) is 0 Å². The van der Waals surface area contributed by atoms with Crippen molar-refractivity contribution in [3.05, 3.63) is 84.5 Å². The lowest BCUT2D eigenvalue weighted by Crippen LogP contribution is -2.44. The number of benzene rings is 2. The molecule has 0 spiro atoms. The van der Waals surface area contributed by atoms with Crippen LogP contribution in [0.15, 0.2) is 52.1 Å². The van der Waals surface area contributed by atoms with Crippen LogP contribution in [-0.4, -0.2) is 40.4 Å². The molecule has 4 rings (SSSR count). The van der Waals surface area contributed by atoms with Crippen molar-refractivity contribution in [2.45, 2.75) is 25.6 Å². The Morgan fingerprint density at radius 3 is 2.45 bits per heavy atom. The number of nitrogens with zero attached hydrogens (tertiary/aromatic N) is 3. The first-order valence-electron chi connectivity index (χ1n) is 11.3. The number of nitrogens with one attached hydrogen (secondary N) is 1. The summed E-state index contributed by atoms with van der Waals surface area (Å²) in [5.74, 6) is -0.0210. The number of anilines is 2. The zero-order chi connectivity index (χ0) is 27.6. The van der Waals surface area contributed by atoms with Gasteiger partial charge in [0.1, 0.15) is 17.3 Å². The van der Waals surface area contributed by atoms with E-state index in [9.17, 15) is 22.8 Å². The molecule has 3 aromatic rings. The van der Waals surface area contributed by atoms with Crippen molar-refractivity contribution in [3.8, 4) is 5.75 Å². The van der Waals surface area contributed by atoms with Crippen molar-refractivity contribution in [1.82, 2.24) is 9.13 Å². The maximum atomic E-state index is 13.5. The highest BCUT2D eigenvalue weighted by Gasteiger charge is 2.38. The van der Waals surface area contributed by atoms with Crippen LogP contribution in [0.1, 0.15) is 11.1 Å². The lowest BCUT2D eigenvalue weighted by molar-refractivity contribution is -0.137. The monoisotopic (exact) mass is 574 g/mol. The van der Waals surface area contributed by atoms with Gasteiger partial charge in [-0.3, -0.25) is 13.9 Å². The molecule has 14 heteroatoms. The van der Waals surface area contributed by atoms with Gasteiger partial charge in [0, 0.05) is 18.6 Å². The third-order valence-corrected chi connectivity index (χ3v) is 6.39. The Kier molecular flexibility index (Phi) is 8.26. The predicted molar refractivity (Wildman–Crippen MR) is 136 cm³/mol. The Hall–Kier alpha value is -3.19. The standard InChI is InChI=1S/C24H23Cl2F3N4O5/c1-31-20-19(21(35)32(23(31)36)8-10-37-11-9-34)33(13-14-2-4-15(25)5-3-14)22(30-20)38-16-6-7-18(26)17(12-16)24(27,28)29/h2-7,12,22,30,34H,8-11,13H2,1H3. The fourth-order valence-corrected chi connectivity index (χ4v) is 4.32. The fourth-order valence-electron chi connectivity index (χ4n) is 3.97. The lowest BCUT2D eigenvalue weighted by atomic mass is 10.2. The number of rotatable bonds is 9. The van der Waals surface area contributed by atoms with Crippen LogP contribution in [0.3, 0.4) is 0 Å². The van der Waals surface area contributed by atoms with Crippen LogP contribution in [-0.2, 0) is 31.1 Å². The lowest BCUT2D eigenvalue weighted by Gasteiger charge is -2.27. The highest BCUT2D eigenvalue weighted by atomic mass is 35.5. The molecule has 0 aliphatic carbocycles. The van der Waals surface area contributed by atoms with Gasteiger partial charge in [-0.25, -0.2) is 4.79 Å². The number of ether oxygens (including phenoxy) is 2. The van der Waals surface area contributed by atoms with Crippen LogP contribution in [0.4, 0.5) is 24.7 Å². The van der Waals surface area contributed by atoms with Gasteiger partial charge in [0.2, 0.25) is 0 Å². The number of aliphatic hydroxyl groups is 1. The SMILES string of the molecule is Cn1c2c(c(=O)n(CCOCCO)c1=O)N(Cc1ccc(Cl)cc1)C(Oc1ccc(Cl)c(C(F)(F)F)c1)N2. The molecule has 1 aliphatic heterocycles. The second-order valence-electron chi connectivity index (χ2n) is 8.34. The summed E-state index contributed by atoms with van der Waals surface area (Å²) >= 11 is 11.7. The molecule has 0 bridgehead atoms. The summed E-state index contributed by atoms with van der Waals surface area (Å²) in [5, 5.41) is 11.8.